The SMILES string of the molecule is Cc1ccc(C(=O)O/N=C(\Cc2ccccc2)c2ccc(-c3ccccc3)cc2)cc1. The van der Waals surface area contributed by atoms with Crippen molar-refractivity contribution in [1.29, 1.82) is 0 Å². The van der Waals surface area contributed by atoms with Gasteiger partial charge in [0.2, 0.25) is 0 Å². The van der Waals surface area contributed by atoms with Crippen LogP contribution < -0.4 is 0 Å². The van der Waals surface area contributed by atoms with Gasteiger partial charge in [-0.3, -0.25) is 0 Å². The van der Waals surface area contributed by atoms with Gasteiger partial charge in [0.05, 0.1) is 11.3 Å². The van der Waals surface area contributed by atoms with Crippen LogP contribution in [0.1, 0.15) is 27.0 Å². The van der Waals surface area contributed by atoms with E-state index in [1.54, 1.807) is 12.1 Å². The molecule has 0 aliphatic rings. The van der Waals surface area contributed by atoms with Crippen molar-refractivity contribution in [3.8, 4) is 11.1 Å². The minimum absolute atomic E-state index is 0.466. The number of carbonyl (C=O) groups excluding carboxylic acids is 1. The van der Waals surface area contributed by atoms with Gasteiger partial charge in [0.1, 0.15) is 0 Å². The highest BCUT2D eigenvalue weighted by atomic mass is 16.7. The summed E-state index contributed by atoms with van der Waals surface area (Å²) in [4.78, 5) is 17.8. The number of hydrogen-bond acceptors (Lipinski definition) is 3. The molecule has 3 heteroatoms. The third-order valence-electron chi connectivity index (χ3n) is 5.07. The Kier molecular flexibility index (Phi) is 6.34. The standard InChI is InChI=1S/C28H23NO2/c1-21-12-14-26(15-13-21)28(30)31-29-27(20-22-8-4-2-5-9-22)25-18-16-24(17-19-25)23-10-6-3-7-11-23/h2-19H,20H2,1H3/b29-27+. The fraction of sp³-hybridized carbons (Fsp3) is 0.0714. The highest BCUT2D eigenvalue weighted by Gasteiger charge is 2.11. The van der Waals surface area contributed by atoms with Crippen LogP contribution in [0.15, 0.2) is 114 Å². The lowest BCUT2D eigenvalue weighted by Gasteiger charge is -2.09. The van der Waals surface area contributed by atoms with Gasteiger partial charge in [0.15, 0.2) is 0 Å². The normalized spacial score (nSPS) is 11.2. The highest BCUT2D eigenvalue weighted by Crippen LogP contribution is 2.20. The molecule has 4 rings (SSSR count). The van der Waals surface area contributed by atoms with Gasteiger partial charge < -0.3 is 4.84 Å². The molecule has 3 nitrogen and oxygen atoms in total. The summed E-state index contributed by atoms with van der Waals surface area (Å²) in [6.45, 7) is 1.98. The van der Waals surface area contributed by atoms with Crippen molar-refractivity contribution in [3.05, 3.63) is 131 Å². The van der Waals surface area contributed by atoms with E-state index in [2.05, 4.69) is 29.4 Å². The molecule has 0 fully saturated rings. The van der Waals surface area contributed by atoms with Crippen LogP contribution in [-0.2, 0) is 11.3 Å². The number of oxime groups is 1. The maximum atomic E-state index is 12.5. The molecule has 4 aromatic carbocycles. The lowest BCUT2D eigenvalue weighted by atomic mass is 9.99. The van der Waals surface area contributed by atoms with E-state index in [0.717, 1.165) is 27.8 Å². The smallest absolute Gasteiger partial charge is 0.313 e. The van der Waals surface area contributed by atoms with E-state index in [1.807, 2.05) is 79.7 Å². The molecule has 31 heavy (non-hydrogen) atoms. The van der Waals surface area contributed by atoms with E-state index in [0.29, 0.717) is 17.7 Å². The predicted molar refractivity (Wildman–Crippen MR) is 125 cm³/mol. The molecule has 0 bridgehead atoms. The average molecular weight is 405 g/mol. The first-order chi connectivity index (χ1) is 15.2. The van der Waals surface area contributed by atoms with Crippen LogP contribution in [0.4, 0.5) is 0 Å². The number of rotatable bonds is 6. The van der Waals surface area contributed by atoms with Crippen LogP contribution in [0.2, 0.25) is 0 Å². The second kappa shape index (κ2) is 9.68. The van der Waals surface area contributed by atoms with Gasteiger partial charge in [-0.1, -0.05) is 108 Å². The predicted octanol–water partition coefficient (Wildman–Crippen LogP) is 6.47. The number of nitrogens with zero attached hydrogens (tertiary/aromatic N) is 1. The summed E-state index contributed by atoms with van der Waals surface area (Å²) in [6.07, 6.45) is 0.562. The van der Waals surface area contributed by atoms with Gasteiger partial charge in [0, 0.05) is 6.42 Å². The van der Waals surface area contributed by atoms with Crippen molar-refractivity contribution in [2.24, 2.45) is 5.16 Å². The Balaban J connectivity index is 1.60. The van der Waals surface area contributed by atoms with Crippen molar-refractivity contribution < 1.29 is 9.63 Å². The molecule has 0 radical (unpaired) electrons. The summed E-state index contributed by atoms with van der Waals surface area (Å²) in [5.41, 5.74) is 6.56. The second-order valence-corrected chi connectivity index (χ2v) is 7.39. The second-order valence-electron chi connectivity index (χ2n) is 7.39. The Bertz CT molecular complexity index is 1160. The molecule has 0 atom stereocenters. The van der Waals surface area contributed by atoms with E-state index >= 15 is 0 Å². The van der Waals surface area contributed by atoms with Crippen molar-refractivity contribution in [1.82, 2.24) is 0 Å². The first kappa shape index (κ1) is 20.3. The van der Waals surface area contributed by atoms with E-state index in [1.165, 1.54) is 0 Å². The minimum atomic E-state index is -0.466. The Morgan fingerprint density at radius 3 is 1.87 bits per heavy atom. The van der Waals surface area contributed by atoms with Crippen molar-refractivity contribution in [2.45, 2.75) is 13.3 Å². The molecule has 0 aliphatic carbocycles. The quantitative estimate of drug-likeness (QED) is 0.210. The zero-order valence-corrected chi connectivity index (χ0v) is 17.4. The fourth-order valence-electron chi connectivity index (χ4n) is 3.30. The maximum Gasteiger partial charge on any atom is 0.365 e. The largest absolute Gasteiger partial charge is 0.365 e. The molecule has 4 aromatic rings. The molecule has 0 heterocycles. The molecule has 152 valence electrons. The molecule has 0 N–H and O–H groups in total. The van der Waals surface area contributed by atoms with Gasteiger partial charge in [-0.05, 0) is 41.3 Å². The van der Waals surface area contributed by atoms with Gasteiger partial charge in [0.25, 0.3) is 0 Å². The monoisotopic (exact) mass is 405 g/mol. The van der Waals surface area contributed by atoms with Crippen LogP contribution >= 0.6 is 0 Å². The van der Waals surface area contributed by atoms with E-state index in [9.17, 15) is 4.79 Å². The average Bonchev–Trinajstić information content (AvgIpc) is 2.83. The lowest BCUT2D eigenvalue weighted by Crippen LogP contribution is -2.09. The first-order valence-corrected chi connectivity index (χ1v) is 10.2. The molecular weight excluding hydrogens is 382 g/mol. The molecule has 0 aromatic heterocycles. The van der Waals surface area contributed by atoms with Crippen molar-refractivity contribution in [2.75, 3.05) is 0 Å². The molecule has 0 unspecified atom stereocenters. The number of carbonyl (C=O) groups is 1. The summed E-state index contributed by atoms with van der Waals surface area (Å²) in [5.74, 6) is -0.466. The maximum absolute atomic E-state index is 12.5. The topological polar surface area (TPSA) is 38.7 Å². The molecule has 0 saturated heterocycles. The molecule has 0 spiro atoms. The number of hydrogen-bond donors (Lipinski definition) is 0. The summed E-state index contributed by atoms with van der Waals surface area (Å²) < 4.78 is 0. The van der Waals surface area contributed by atoms with Crippen LogP contribution in [0.5, 0.6) is 0 Å². The molecule has 0 amide bonds. The van der Waals surface area contributed by atoms with E-state index in [4.69, 9.17) is 4.84 Å². The minimum Gasteiger partial charge on any atom is -0.313 e. The zero-order valence-electron chi connectivity index (χ0n) is 17.4. The van der Waals surface area contributed by atoms with Gasteiger partial charge in [-0.25, -0.2) is 4.79 Å². The Morgan fingerprint density at radius 1 is 0.677 bits per heavy atom. The van der Waals surface area contributed by atoms with Gasteiger partial charge in [-0.2, -0.15) is 0 Å². The molecular formula is C28H23NO2. The fourth-order valence-corrected chi connectivity index (χ4v) is 3.30. The zero-order chi connectivity index (χ0) is 21.5. The van der Waals surface area contributed by atoms with Crippen molar-refractivity contribution in [3.63, 3.8) is 0 Å². The Hall–Kier alpha value is -3.98. The first-order valence-electron chi connectivity index (χ1n) is 10.2. The number of benzene rings is 4. The van der Waals surface area contributed by atoms with Gasteiger partial charge >= 0.3 is 5.97 Å². The Labute approximate surface area is 182 Å². The summed E-state index contributed by atoms with van der Waals surface area (Å²) in [7, 11) is 0. The molecule has 0 aliphatic heterocycles. The number of aryl methyl sites for hydroxylation is 1. The highest BCUT2D eigenvalue weighted by molar-refractivity contribution is 6.02. The summed E-state index contributed by atoms with van der Waals surface area (Å²) in [6, 6.07) is 35.7. The van der Waals surface area contributed by atoms with Gasteiger partial charge in [-0.15, -0.1) is 0 Å². The summed E-state index contributed by atoms with van der Waals surface area (Å²) in [5, 5.41) is 4.26. The summed E-state index contributed by atoms with van der Waals surface area (Å²) >= 11 is 0. The third-order valence-corrected chi connectivity index (χ3v) is 5.07. The van der Waals surface area contributed by atoms with Crippen LogP contribution in [-0.4, -0.2) is 11.7 Å². The molecule has 0 saturated carbocycles. The van der Waals surface area contributed by atoms with E-state index < -0.39 is 5.97 Å². The van der Waals surface area contributed by atoms with Crippen LogP contribution in [0.3, 0.4) is 0 Å². The van der Waals surface area contributed by atoms with Crippen LogP contribution in [0.25, 0.3) is 11.1 Å². The Morgan fingerprint density at radius 2 is 1.23 bits per heavy atom. The van der Waals surface area contributed by atoms with Crippen LogP contribution in [0, 0.1) is 6.92 Å². The lowest BCUT2D eigenvalue weighted by molar-refractivity contribution is 0.0516. The van der Waals surface area contributed by atoms with E-state index in [-0.39, 0.29) is 0 Å². The van der Waals surface area contributed by atoms with Crippen molar-refractivity contribution >= 4 is 11.7 Å². The third kappa shape index (κ3) is 5.34.